The van der Waals surface area contributed by atoms with Crippen LogP contribution >= 0.6 is 11.6 Å². The van der Waals surface area contributed by atoms with E-state index in [4.69, 9.17) is 25.8 Å². The van der Waals surface area contributed by atoms with Crippen molar-refractivity contribution in [1.82, 2.24) is 5.32 Å². The molecule has 0 aromatic heterocycles. The van der Waals surface area contributed by atoms with Crippen molar-refractivity contribution in [2.45, 2.75) is 37.6 Å². The Bertz CT molecular complexity index is 513. The number of benzene rings is 1. The molecule has 2 aliphatic rings. The van der Waals surface area contributed by atoms with E-state index < -0.39 is 0 Å². The Morgan fingerprint density at radius 1 is 1.32 bits per heavy atom. The molecule has 1 N–H and O–H groups in total. The first kappa shape index (κ1) is 15.6. The van der Waals surface area contributed by atoms with E-state index in [2.05, 4.69) is 5.32 Å². The summed E-state index contributed by atoms with van der Waals surface area (Å²) in [6, 6.07) is 6.90. The van der Waals surface area contributed by atoms with E-state index in [1.54, 1.807) is 24.3 Å². The highest BCUT2D eigenvalue weighted by atomic mass is 35.5. The van der Waals surface area contributed by atoms with E-state index in [0.29, 0.717) is 23.9 Å². The topological polar surface area (TPSA) is 56.8 Å². The normalized spacial score (nSPS) is 22.9. The molecule has 6 heteroatoms. The first-order valence-corrected chi connectivity index (χ1v) is 8.00. The van der Waals surface area contributed by atoms with Crippen LogP contribution in [0.15, 0.2) is 24.3 Å². The van der Waals surface area contributed by atoms with Crippen LogP contribution in [-0.2, 0) is 14.3 Å². The van der Waals surface area contributed by atoms with Crippen LogP contribution in [0.4, 0.5) is 0 Å². The summed E-state index contributed by atoms with van der Waals surface area (Å²) in [5.74, 6) is 0.0608. The smallest absolute Gasteiger partial charge is 0.258 e. The Morgan fingerprint density at radius 3 is 2.77 bits per heavy atom. The minimum absolute atomic E-state index is 0.0274. The van der Waals surface area contributed by atoms with Gasteiger partial charge in [0.25, 0.3) is 5.91 Å². The number of nitrogens with one attached hydrogen (secondary N) is 1. The number of rotatable bonds is 5. The van der Waals surface area contributed by atoms with Gasteiger partial charge in [-0.25, -0.2) is 0 Å². The Hall–Kier alpha value is -1.30. The summed E-state index contributed by atoms with van der Waals surface area (Å²) < 4.78 is 17.1. The Balaban J connectivity index is 1.37. The molecule has 1 heterocycles. The largest absolute Gasteiger partial charge is 0.484 e. The van der Waals surface area contributed by atoms with Gasteiger partial charge in [-0.3, -0.25) is 4.79 Å². The molecule has 0 radical (unpaired) electrons. The van der Waals surface area contributed by atoms with Gasteiger partial charge in [0.05, 0.1) is 6.61 Å². The Kier molecular flexibility index (Phi) is 4.86. The lowest BCUT2D eigenvalue weighted by Crippen LogP contribution is -2.37. The minimum Gasteiger partial charge on any atom is -0.484 e. The summed E-state index contributed by atoms with van der Waals surface area (Å²) in [7, 11) is 0. The minimum atomic E-state index is -0.380. The van der Waals surface area contributed by atoms with E-state index in [-0.39, 0.29) is 24.4 Å². The maximum atomic E-state index is 11.8. The fourth-order valence-corrected chi connectivity index (χ4v) is 2.98. The summed E-state index contributed by atoms with van der Waals surface area (Å²) in [6.07, 6.45) is 4.13. The molecule has 1 aromatic carbocycles. The van der Waals surface area contributed by atoms with Crippen LogP contribution in [0.25, 0.3) is 0 Å². The number of hydrogen-bond acceptors (Lipinski definition) is 4. The number of amides is 1. The summed E-state index contributed by atoms with van der Waals surface area (Å²) >= 11 is 5.79. The lowest BCUT2D eigenvalue weighted by molar-refractivity contribution is -0.161. The number of ether oxygens (including phenoxy) is 3. The Labute approximate surface area is 134 Å². The fraction of sp³-hybridized carbons (Fsp3) is 0.562. The molecule has 2 fully saturated rings. The van der Waals surface area contributed by atoms with Crippen molar-refractivity contribution >= 4 is 17.5 Å². The summed E-state index contributed by atoms with van der Waals surface area (Å²) in [6.45, 7) is 0.962. The van der Waals surface area contributed by atoms with Gasteiger partial charge in [0.2, 0.25) is 0 Å². The highest BCUT2D eigenvalue weighted by Gasteiger charge is 2.43. The molecule has 120 valence electrons. The third-order valence-electron chi connectivity index (χ3n) is 3.99. The van der Waals surface area contributed by atoms with Gasteiger partial charge in [-0.2, -0.15) is 0 Å². The second-order valence-electron chi connectivity index (χ2n) is 5.72. The molecule has 1 atom stereocenters. The molecule has 3 rings (SSSR count). The molecule has 1 aliphatic carbocycles. The van der Waals surface area contributed by atoms with E-state index in [1.165, 1.54) is 0 Å². The van der Waals surface area contributed by atoms with Gasteiger partial charge in [0.1, 0.15) is 11.9 Å². The van der Waals surface area contributed by atoms with Crippen molar-refractivity contribution in [2.24, 2.45) is 0 Å². The van der Waals surface area contributed by atoms with E-state index in [1.807, 2.05) is 0 Å². The summed E-state index contributed by atoms with van der Waals surface area (Å²) in [5, 5.41) is 3.45. The van der Waals surface area contributed by atoms with E-state index in [0.717, 1.165) is 25.7 Å². The average molecular weight is 326 g/mol. The second-order valence-corrected chi connectivity index (χ2v) is 6.15. The lowest BCUT2D eigenvalue weighted by atomic mass is 10.2. The molecular formula is C16H20ClNO4. The SMILES string of the molecule is O=C(COc1ccc(Cl)cc1)NC[C@H]1COC2(CCCC2)O1. The van der Waals surface area contributed by atoms with Crippen molar-refractivity contribution in [2.75, 3.05) is 19.8 Å². The van der Waals surface area contributed by atoms with Crippen LogP contribution < -0.4 is 10.1 Å². The van der Waals surface area contributed by atoms with Crippen molar-refractivity contribution in [3.05, 3.63) is 29.3 Å². The maximum absolute atomic E-state index is 11.8. The van der Waals surface area contributed by atoms with Crippen LogP contribution in [0.1, 0.15) is 25.7 Å². The van der Waals surface area contributed by atoms with E-state index >= 15 is 0 Å². The highest BCUT2D eigenvalue weighted by Crippen LogP contribution is 2.38. The van der Waals surface area contributed by atoms with Crippen LogP contribution in [-0.4, -0.2) is 37.6 Å². The molecule has 0 unspecified atom stereocenters. The van der Waals surface area contributed by atoms with Gasteiger partial charge in [-0.1, -0.05) is 11.6 Å². The molecule has 1 amide bonds. The fourth-order valence-electron chi connectivity index (χ4n) is 2.85. The third-order valence-corrected chi connectivity index (χ3v) is 4.24. The predicted octanol–water partition coefficient (Wildman–Crippen LogP) is 2.52. The molecule has 1 saturated heterocycles. The molecule has 5 nitrogen and oxygen atoms in total. The predicted molar refractivity (Wildman–Crippen MR) is 82.0 cm³/mol. The average Bonchev–Trinajstić information content (AvgIpc) is 3.15. The van der Waals surface area contributed by atoms with Crippen LogP contribution in [0.2, 0.25) is 5.02 Å². The third kappa shape index (κ3) is 3.91. The molecule has 1 aromatic rings. The number of carbonyl (C=O) groups is 1. The number of carbonyl (C=O) groups excluding carboxylic acids is 1. The molecule has 22 heavy (non-hydrogen) atoms. The molecule has 1 saturated carbocycles. The first-order valence-electron chi connectivity index (χ1n) is 7.62. The number of halogens is 1. The zero-order valence-corrected chi connectivity index (χ0v) is 13.1. The Morgan fingerprint density at radius 2 is 2.05 bits per heavy atom. The van der Waals surface area contributed by atoms with E-state index in [9.17, 15) is 4.79 Å². The van der Waals surface area contributed by atoms with Crippen LogP contribution in [0.3, 0.4) is 0 Å². The molecular weight excluding hydrogens is 306 g/mol. The lowest BCUT2D eigenvalue weighted by Gasteiger charge is -2.21. The molecule has 1 aliphatic heterocycles. The van der Waals surface area contributed by atoms with Gasteiger partial charge in [0.15, 0.2) is 12.4 Å². The second kappa shape index (κ2) is 6.86. The van der Waals surface area contributed by atoms with Gasteiger partial charge in [0, 0.05) is 24.4 Å². The van der Waals surface area contributed by atoms with Gasteiger partial charge < -0.3 is 19.5 Å². The highest BCUT2D eigenvalue weighted by molar-refractivity contribution is 6.30. The van der Waals surface area contributed by atoms with Crippen molar-refractivity contribution in [1.29, 1.82) is 0 Å². The maximum Gasteiger partial charge on any atom is 0.258 e. The van der Waals surface area contributed by atoms with Crippen molar-refractivity contribution in [3.63, 3.8) is 0 Å². The van der Waals surface area contributed by atoms with Crippen LogP contribution in [0, 0.1) is 0 Å². The molecule has 1 spiro atoms. The van der Waals surface area contributed by atoms with Crippen molar-refractivity contribution < 1.29 is 19.0 Å². The van der Waals surface area contributed by atoms with Gasteiger partial charge in [-0.05, 0) is 37.1 Å². The molecule has 0 bridgehead atoms. The van der Waals surface area contributed by atoms with Crippen LogP contribution in [0.5, 0.6) is 5.75 Å². The number of hydrogen-bond donors (Lipinski definition) is 1. The first-order chi connectivity index (χ1) is 10.7. The van der Waals surface area contributed by atoms with Gasteiger partial charge in [-0.15, -0.1) is 0 Å². The standard InChI is InChI=1S/C16H20ClNO4/c17-12-3-5-13(6-4-12)20-11-15(19)18-9-14-10-21-16(22-14)7-1-2-8-16/h3-6,14H,1-2,7-11H2,(H,18,19)/t14-/m0/s1. The van der Waals surface area contributed by atoms with Crippen molar-refractivity contribution in [3.8, 4) is 5.75 Å². The zero-order valence-electron chi connectivity index (χ0n) is 12.3. The summed E-state index contributed by atoms with van der Waals surface area (Å²) in [4.78, 5) is 11.8. The quantitative estimate of drug-likeness (QED) is 0.903. The monoisotopic (exact) mass is 325 g/mol. The zero-order chi connectivity index (χ0) is 15.4. The van der Waals surface area contributed by atoms with Gasteiger partial charge >= 0.3 is 0 Å². The summed E-state index contributed by atoms with van der Waals surface area (Å²) in [5.41, 5.74) is 0.